The lowest BCUT2D eigenvalue weighted by Gasteiger charge is -2.31. The van der Waals surface area contributed by atoms with E-state index in [4.69, 9.17) is 9.73 Å². The van der Waals surface area contributed by atoms with Crippen molar-refractivity contribution in [3.8, 4) is 5.75 Å². The fourth-order valence-electron chi connectivity index (χ4n) is 4.72. The molecule has 2 atom stereocenters. The van der Waals surface area contributed by atoms with Gasteiger partial charge in [-0.2, -0.15) is 5.10 Å². The van der Waals surface area contributed by atoms with Crippen molar-refractivity contribution in [2.75, 3.05) is 19.7 Å². The van der Waals surface area contributed by atoms with E-state index in [0.29, 0.717) is 19.1 Å². The van der Waals surface area contributed by atoms with Gasteiger partial charge in [0.1, 0.15) is 18.1 Å². The van der Waals surface area contributed by atoms with Crippen LogP contribution in [-0.4, -0.2) is 55.1 Å². The maximum Gasteiger partial charge on any atom is 0.194 e. The van der Waals surface area contributed by atoms with E-state index in [1.54, 1.807) is 0 Å². The molecule has 34 heavy (non-hydrogen) atoms. The van der Waals surface area contributed by atoms with Gasteiger partial charge in [-0.25, -0.2) is 4.99 Å². The van der Waals surface area contributed by atoms with Gasteiger partial charge < -0.3 is 19.5 Å². The Morgan fingerprint density at radius 3 is 2.82 bits per heavy atom. The van der Waals surface area contributed by atoms with E-state index in [2.05, 4.69) is 43.8 Å². The summed E-state index contributed by atoms with van der Waals surface area (Å²) in [5.74, 6) is 4.24. The summed E-state index contributed by atoms with van der Waals surface area (Å²) in [6, 6.07) is 8.46. The summed E-state index contributed by atoms with van der Waals surface area (Å²) in [5, 5.41) is 16.6. The van der Waals surface area contributed by atoms with Gasteiger partial charge in [0.2, 0.25) is 0 Å². The first kappa shape index (κ1) is 24.5. The van der Waals surface area contributed by atoms with Crippen LogP contribution in [0.25, 0.3) is 0 Å². The van der Waals surface area contributed by atoms with Crippen molar-refractivity contribution in [1.82, 2.24) is 34.8 Å². The SMILES string of the molecule is Cc1nnc(CN=C(NC2CCOc3ccccc32)N2CCC(Cc3cnn(C)c3)C2)n1C.I. The monoisotopic (exact) mass is 576 g/mol. The molecule has 0 amide bonds. The number of aryl methyl sites for hydroxylation is 2. The minimum atomic E-state index is 0. The van der Waals surface area contributed by atoms with E-state index in [9.17, 15) is 0 Å². The molecule has 0 radical (unpaired) electrons. The highest BCUT2D eigenvalue weighted by Crippen LogP contribution is 2.32. The van der Waals surface area contributed by atoms with Crippen LogP contribution >= 0.6 is 24.0 Å². The Bertz CT molecular complexity index is 1140. The van der Waals surface area contributed by atoms with Crippen LogP contribution in [0.1, 0.15) is 41.7 Å². The third kappa shape index (κ3) is 5.37. The predicted octanol–water partition coefficient (Wildman–Crippen LogP) is 3.01. The summed E-state index contributed by atoms with van der Waals surface area (Å²) in [6.07, 6.45) is 7.19. The number of nitrogens with zero attached hydrogens (tertiary/aromatic N) is 7. The molecule has 1 aromatic carbocycles. The third-order valence-electron chi connectivity index (χ3n) is 6.68. The number of ether oxygens (including phenoxy) is 1. The van der Waals surface area contributed by atoms with Crippen molar-refractivity contribution in [3.05, 3.63) is 59.4 Å². The van der Waals surface area contributed by atoms with Gasteiger partial charge in [-0.1, -0.05) is 18.2 Å². The lowest BCUT2D eigenvalue weighted by molar-refractivity contribution is 0.259. The Morgan fingerprint density at radius 2 is 2.06 bits per heavy atom. The van der Waals surface area contributed by atoms with Gasteiger partial charge in [0.05, 0.1) is 18.8 Å². The van der Waals surface area contributed by atoms with Crippen LogP contribution in [0, 0.1) is 12.8 Å². The number of nitrogens with one attached hydrogen (secondary N) is 1. The molecule has 2 aliphatic rings. The number of hydrogen-bond acceptors (Lipinski definition) is 5. The molecule has 2 aliphatic heterocycles. The Balaban J connectivity index is 0.00000274. The first-order valence-electron chi connectivity index (χ1n) is 11.7. The highest BCUT2D eigenvalue weighted by molar-refractivity contribution is 14.0. The molecule has 0 spiro atoms. The number of guanidine groups is 1. The van der Waals surface area contributed by atoms with Crippen molar-refractivity contribution >= 4 is 29.9 Å². The largest absolute Gasteiger partial charge is 0.493 e. The van der Waals surface area contributed by atoms with Gasteiger partial charge in [-0.15, -0.1) is 34.2 Å². The number of aliphatic imine (C=N–C) groups is 1. The molecule has 9 nitrogen and oxygen atoms in total. The first-order chi connectivity index (χ1) is 16.1. The summed E-state index contributed by atoms with van der Waals surface area (Å²) >= 11 is 0. The number of benzene rings is 1. The number of halogens is 1. The Kier molecular flexibility index (Phi) is 7.74. The zero-order valence-corrected chi connectivity index (χ0v) is 22.3. The molecular weight excluding hydrogens is 543 g/mol. The van der Waals surface area contributed by atoms with E-state index in [0.717, 1.165) is 55.7 Å². The summed E-state index contributed by atoms with van der Waals surface area (Å²) in [5.41, 5.74) is 2.49. The molecule has 2 unspecified atom stereocenters. The zero-order valence-electron chi connectivity index (χ0n) is 20.0. The molecule has 2 aromatic heterocycles. The highest BCUT2D eigenvalue weighted by atomic mass is 127. The predicted molar refractivity (Wildman–Crippen MR) is 141 cm³/mol. The molecule has 182 valence electrons. The van der Waals surface area contributed by atoms with Crippen LogP contribution in [0.2, 0.25) is 0 Å². The van der Waals surface area contributed by atoms with E-state index in [1.165, 1.54) is 11.1 Å². The molecule has 10 heteroatoms. The van der Waals surface area contributed by atoms with E-state index >= 15 is 0 Å². The molecule has 1 saturated heterocycles. The maximum absolute atomic E-state index is 5.87. The standard InChI is InChI=1S/C24H32N8O.HI/c1-17-28-29-23(31(17)3)14-25-24(27-21-9-11-33-22-7-5-4-6-20(21)22)32-10-8-18(16-32)12-19-13-26-30(2)15-19;/h4-7,13,15,18,21H,8-12,14,16H2,1-3H3,(H,25,27);1H. The Hall–Kier alpha value is -2.63. The molecule has 4 heterocycles. The van der Waals surface area contributed by atoms with E-state index in [1.807, 2.05) is 48.6 Å². The van der Waals surface area contributed by atoms with Gasteiger partial charge >= 0.3 is 0 Å². The second-order valence-corrected chi connectivity index (χ2v) is 9.06. The van der Waals surface area contributed by atoms with Crippen LogP contribution in [0.4, 0.5) is 0 Å². The fourth-order valence-corrected chi connectivity index (χ4v) is 4.72. The van der Waals surface area contributed by atoms with Gasteiger partial charge in [0.25, 0.3) is 0 Å². The van der Waals surface area contributed by atoms with Crippen molar-refractivity contribution in [3.63, 3.8) is 0 Å². The van der Waals surface area contributed by atoms with Gasteiger partial charge in [-0.3, -0.25) is 4.68 Å². The quantitative estimate of drug-likeness (QED) is 0.286. The minimum absolute atomic E-state index is 0. The molecular formula is C24H33IN8O. The smallest absolute Gasteiger partial charge is 0.194 e. The lowest BCUT2D eigenvalue weighted by Crippen LogP contribution is -2.43. The number of para-hydroxylation sites is 1. The fraction of sp³-hybridized carbons (Fsp3) is 0.500. The number of rotatable bonds is 5. The number of aromatic nitrogens is 5. The highest BCUT2D eigenvalue weighted by Gasteiger charge is 2.29. The van der Waals surface area contributed by atoms with Crippen molar-refractivity contribution in [1.29, 1.82) is 0 Å². The number of hydrogen-bond donors (Lipinski definition) is 1. The topological polar surface area (TPSA) is 85.4 Å². The van der Waals surface area contributed by atoms with Gasteiger partial charge in [-0.05, 0) is 37.3 Å². The normalized spacial score (nSPS) is 20.0. The summed E-state index contributed by atoms with van der Waals surface area (Å²) in [7, 11) is 3.96. The first-order valence-corrected chi connectivity index (χ1v) is 11.7. The summed E-state index contributed by atoms with van der Waals surface area (Å²) in [6.45, 7) is 5.12. The summed E-state index contributed by atoms with van der Waals surface area (Å²) in [4.78, 5) is 7.40. The number of fused-ring (bicyclic) bond motifs is 1. The summed E-state index contributed by atoms with van der Waals surface area (Å²) < 4.78 is 9.75. The van der Waals surface area contributed by atoms with Crippen molar-refractivity contribution in [2.45, 2.75) is 38.8 Å². The van der Waals surface area contributed by atoms with Crippen LogP contribution in [0.3, 0.4) is 0 Å². The van der Waals surface area contributed by atoms with E-state index in [-0.39, 0.29) is 30.0 Å². The third-order valence-corrected chi connectivity index (χ3v) is 6.68. The Morgan fingerprint density at radius 1 is 1.21 bits per heavy atom. The van der Waals surface area contributed by atoms with Crippen molar-refractivity contribution in [2.24, 2.45) is 25.0 Å². The van der Waals surface area contributed by atoms with Gasteiger partial charge in [0, 0.05) is 45.4 Å². The molecule has 0 aliphatic carbocycles. The zero-order chi connectivity index (χ0) is 22.8. The van der Waals surface area contributed by atoms with E-state index < -0.39 is 0 Å². The average Bonchev–Trinajstić information content (AvgIpc) is 3.54. The molecule has 1 N–H and O–H groups in total. The lowest BCUT2D eigenvalue weighted by atomic mass is 10.0. The van der Waals surface area contributed by atoms with Crippen LogP contribution in [-0.2, 0) is 27.1 Å². The van der Waals surface area contributed by atoms with Crippen LogP contribution < -0.4 is 10.1 Å². The molecule has 0 bridgehead atoms. The maximum atomic E-state index is 5.87. The average molecular weight is 576 g/mol. The molecule has 5 rings (SSSR count). The van der Waals surface area contributed by atoms with Crippen molar-refractivity contribution < 1.29 is 4.74 Å². The van der Waals surface area contributed by atoms with Crippen LogP contribution in [0.5, 0.6) is 5.75 Å². The molecule has 1 fully saturated rings. The Labute approximate surface area is 217 Å². The second kappa shape index (κ2) is 10.7. The minimum Gasteiger partial charge on any atom is -0.493 e. The van der Waals surface area contributed by atoms with Gasteiger partial charge in [0.15, 0.2) is 11.8 Å². The second-order valence-electron chi connectivity index (χ2n) is 9.06. The van der Waals surface area contributed by atoms with Crippen LogP contribution in [0.15, 0.2) is 41.7 Å². The molecule has 3 aromatic rings. The molecule has 0 saturated carbocycles. The number of likely N-dealkylation sites (tertiary alicyclic amines) is 1.